The molecule has 0 aliphatic rings. The van der Waals surface area contributed by atoms with Gasteiger partial charge in [0.2, 0.25) is 5.91 Å². The number of hydrogen-bond acceptors (Lipinski definition) is 4. The molecule has 2 amide bonds. The molecule has 6 nitrogen and oxygen atoms in total. The number of carbonyl (C=O) groups is 2. The van der Waals surface area contributed by atoms with E-state index in [4.69, 9.17) is 9.15 Å². The molecule has 0 saturated carbocycles. The van der Waals surface area contributed by atoms with Gasteiger partial charge in [-0.3, -0.25) is 9.59 Å². The maximum atomic E-state index is 12.0. The Morgan fingerprint density at radius 3 is 2.54 bits per heavy atom. The number of ether oxygens (including phenoxy) is 1. The second-order valence-corrected chi connectivity index (χ2v) is 5.64. The lowest BCUT2D eigenvalue weighted by atomic mass is 10.1. The van der Waals surface area contributed by atoms with E-state index in [1.807, 2.05) is 26.0 Å². The lowest BCUT2D eigenvalue weighted by molar-refractivity contribution is -0.122. The third-order valence-electron chi connectivity index (χ3n) is 3.35. The highest BCUT2D eigenvalue weighted by atomic mass is 16.5. The van der Waals surface area contributed by atoms with Gasteiger partial charge in [-0.2, -0.15) is 0 Å². The van der Waals surface area contributed by atoms with Crippen molar-refractivity contribution in [2.24, 2.45) is 0 Å². The Labute approximate surface area is 141 Å². The smallest absolute Gasteiger partial charge is 0.287 e. The lowest BCUT2D eigenvalue weighted by Crippen LogP contribution is -2.45. The van der Waals surface area contributed by atoms with Crippen molar-refractivity contribution in [1.29, 1.82) is 0 Å². The van der Waals surface area contributed by atoms with Gasteiger partial charge >= 0.3 is 0 Å². The summed E-state index contributed by atoms with van der Waals surface area (Å²) in [7, 11) is 0. The molecular weight excluding hydrogens is 308 g/mol. The summed E-state index contributed by atoms with van der Waals surface area (Å²) in [6, 6.07) is 8.45. The molecule has 24 heavy (non-hydrogen) atoms. The minimum Gasteiger partial charge on any atom is -0.492 e. The number of hydrogen-bond donors (Lipinski definition) is 2. The first-order chi connectivity index (χ1) is 11.5. The van der Waals surface area contributed by atoms with Gasteiger partial charge in [-0.1, -0.05) is 6.07 Å². The molecule has 2 N–H and O–H groups in total. The number of nitrogens with one attached hydrogen (secondary N) is 2. The number of aryl methyl sites for hydroxylation is 2. The van der Waals surface area contributed by atoms with Gasteiger partial charge in [0.1, 0.15) is 18.4 Å². The van der Waals surface area contributed by atoms with E-state index in [2.05, 4.69) is 16.7 Å². The van der Waals surface area contributed by atoms with Crippen LogP contribution in [0, 0.1) is 13.8 Å². The Morgan fingerprint density at radius 1 is 1.21 bits per heavy atom. The average molecular weight is 330 g/mol. The van der Waals surface area contributed by atoms with Crippen molar-refractivity contribution in [1.82, 2.24) is 10.6 Å². The van der Waals surface area contributed by atoms with Crippen LogP contribution in [0.2, 0.25) is 0 Å². The number of benzene rings is 1. The topological polar surface area (TPSA) is 80.6 Å². The summed E-state index contributed by atoms with van der Waals surface area (Å²) in [4.78, 5) is 23.7. The monoisotopic (exact) mass is 330 g/mol. The number of amides is 2. The molecule has 0 aliphatic heterocycles. The van der Waals surface area contributed by atoms with Crippen LogP contribution < -0.4 is 15.4 Å². The van der Waals surface area contributed by atoms with Crippen LogP contribution in [0.15, 0.2) is 41.0 Å². The average Bonchev–Trinajstić information content (AvgIpc) is 3.04. The molecule has 1 aromatic carbocycles. The van der Waals surface area contributed by atoms with E-state index in [0.717, 1.165) is 16.9 Å². The van der Waals surface area contributed by atoms with E-state index in [-0.39, 0.29) is 11.7 Å². The van der Waals surface area contributed by atoms with Crippen molar-refractivity contribution in [2.75, 3.05) is 13.2 Å². The summed E-state index contributed by atoms with van der Waals surface area (Å²) in [5.41, 5.74) is 2.26. The van der Waals surface area contributed by atoms with Crippen LogP contribution in [0.4, 0.5) is 0 Å². The Morgan fingerprint density at radius 2 is 1.92 bits per heavy atom. The standard InChI is InChI=1S/C18H22N2O4/c1-12-9-13(2)11-15(10-12)23-8-6-19-17(21)14(3)20-18(22)16-5-4-7-24-16/h4-5,7,9-11,14H,6,8H2,1-3H3,(H,19,21)(H,20,22). The molecule has 0 fully saturated rings. The van der Waals surface area contributed by atoms with Crippen molar-refractivity contribution < 1.29 is 18.7 Å². The Bertz CT molecular complexity index is 675. The fourth-order valence-corrected chi connectivity index (χ4v) is 2.25. The van der Waals surface area contributed by atoms with Crippen LogP contribution in [0.1, 0.15) is 28.6 Å². The van der Waals surface area contributed by atoms with Crippen LogP contribution >= 0.6 is 0 Å². The number of carbonyl (C=O) groups excluding carboxylic acids is 2. The summed E-state index contributed by atoms with van der Waals surface area (Å²) >= 11 is 0. The van der Waals surface area contributed by atoms with Gasteiger partial charge in [-0.05, 0) is 56.2 Å². The Hall–Kier alpha value is -2.76. The van der Waals surface area contributed by atoms with Crippen molar-refractivity contribution >= 4 is 11.8 Å². The minimum atomic E-state index is -0.663. The molecule has 1 unspecified atom stereocenters. The summed E-state index contributed by atoms with van der Waals surface area (Å²) < 4.78 is 10.6. The summed E-state index contributed by atoms with van der Waals surface area (Å²) in [6.45, 7) is 6.33. The predicted octanol–water partition coefficient (Wildman–Crippen LogP) is 2.21. The third kappa shape index (κ3) is 5.15. The summed E-state index contributed by atoms with van der Waals surface area (Å²) in [6.07, 6.45) is 1.41. The largest absolute Gasteiger partial charge is 0.492 e. The van der Waals surface area contributed by atoms with Crippen LogP contribution in [0.25, 0.3) is 0 Å². The molecule has 0 spiro atoms. The predicted molar refractivity (Wildman–Crippen MR) is 90.1 cm³/mol. The van der Waals surface area contributed by atoms with Gasteiger partial charge in [0.25, 0.3) is 5.91 Å². The molecule has 0 bridgehead atoms. The second-order valence-electron chi connectivity index (χ2n) is 5.64. The first kappa shape index (κ1) is 17.6. The molecule has 1 aromatic heterocycles. The zero-order valence-electron chi connectivity index (χ0n) is 14.1. The van der Waals surface area contributed by atoms with Gasteiger partial charge in [0.15, 0.2) is 5.76 Å². The first-order valence-electron chi connectivity index (χ1n) is 7.79. The van der Waals surface area contributed by atoms with Crippen molar-refractivity contribution in [2.45, 2.75) is 26.8 Å². The van der Waals surface area contributed by atoms with Crippen LogP contribution in [-0.2, 0) is 4.79 Å². The van der Waals surface area contributed by atoms with E-state index < -0.39 is 11.9 Å². The number of rotatable bonds is 7. The first-order valence-corrected chi connectivity index (χ1v) is 7.79. The maximum Gasteiger partial charge on any atom is 0.287 e. The molecule has 2 rings (SSSR count). The van der Waals surface area contributed by atoms with Crippen LogP contribution in [-0.4, -0.2) is 31.0 Å². The minimum absolute atomic E-state index is 0.174. The summed E-state index contributed by atoms with van der Waals surface area (Å²) in [5, 5.41) is 5.29. The van der Waals surface area contributed by atoms with Crippen molar-refractivity contribution in [3.63, 3.8) is 0 Å². The van der Waals surface area contributed by atoms with Crippen LogP contribution in [0.5, 0.6) is 5.75 Å². The van der Waals surface area contributed by atoms with E-state index in [1.54, 1.807) is 13.0 Å². The van der Waals surface area contributed by atoms with E-state index in [9.17, 15) is 9.59 Å². The van der Waals surface area contributed by atoms with Gasteiger partial charge < -0.3 is 19.8 Å². The molecule has 128 valence electrons. The van der Waals surface area contributed by atoms with Crippen molar-refractivity contribution in [3.8, 4) is 5.75 Å². The molecule has 0 radical (unpaired) electrons. The van der Waals surface area contributed by atoms with Crippen molar-refractivity contribution in [3.05, 3.63) is 53.5 Å². The third-order valence-corrected chi connectivity index (χ3v) is 3.35. The fourth-order valence-electron chi connectivity index (χ4n) is 2.25. The van der Waals surface area contributed by atoms with E-state index >= 15 is 0 Å². The van der Waals surface area contributed by atoms with Gasteiger partial charge in [0, 0.05) is 0 Å². The quantitative estimate of drug-likeness (QED) is 0.763. The van der Waals surface area contributed by atoms with Gasteiger partial charge in [0.05, 0.1) is 12.8 Å². The lowest BCUT2D eigenvalue weighted by Gasteiger charge is -2.14. The fraction of sp³-hybridized carbons (Fsp3) is 0.333. The molecule has 2 aromatic rings. The molecule has 1 atom stereocenters. The van der Waals surface area contributed by atoms with E-state index in [1.165, 1.54) is 12.3 Å². The molecular formula is C18H22N2O4. The highest BCUT2D eigenvalue weighted by Crippen LogP contribution is 2.15. The zero-order chi connectivity index (χ0) is 17.5. The summed E-state index contributed by atoms with van der Waals surface area (Å²) in [5.74, 6) is 0.252. The highest BCUT2D eigenvalue weighted by molar-refractivity contribution is 5.95. The number of furan rings is 1. The Kier molecular flexibility index (Phi) is 6.01. The highest BCUT2D eigenvalue weighted by Gasteiger charge is 2.17. The van der Waals surface area contributed by atoms with Gasteiger partial charge in [-0.15, -0.1) is 0 Å². The Balaban J connectivity index is 1.71. The SMILES string of the molecule is Cc1cc(C)cc(OCCNC(=O)C(C)NC(=O)c2ccco2)c1. The second kappa shape index (κ2) is 8.19. The zero-order valence-corrected chi connectivity index (χ0v) is 14.1. The molecule has 1 heterocycles. The molecule has 6 heteroatoms. The van der Waals surface area contributed by atoms with Gasteiger partial charge in [-0.25, -0.2) is 0 Å². The normalized spacial score (nSPS) is 11.6. The maximum absolute atomic E-state index is 12.0. The van der Waals surface area contributed by atoms with Crippen LogP contribution in [0.3, 0.4) is 0 Å². The van der Waals surface area contributed by atoms with E-state index in [0.29, 0.717) is 13.2 Å². The molecule has 0 aliphatic carbocycles. The molecule has 0 saturated heterocycles.